The van der Waals surface area contributed by atoms with Gasteiger partial charge in [0.15, 0.2) is 0 Å². The Morgan fingerprint density at radius 2 is 1.67 bits per heavy atom. The maximum absolute atomic E-state index is 6.59. The monoisotopic (exact) mass is 247 g/mol. The van der Waals surface area contributed by atoms with E-state index in [-0.39, 0.29) is 5.54 Å². The second-order valence-electron chi connectivity index (χ2n) is 5.44. The van der Waals surface area contributed by atoms with E-state index in [0.717, 1.165) is 31.6 Å². The highest BCUT2D eigenvalue weighted by molar-refractivity contribution is 5.32. The van der Waals surface area contributed by atoms with Crippen LogP contribution in [0.3, 0.4) is 0 Å². The molecule has 2 N–H and O–H groups in total. The first-order chi connectivity index (χ1) is 8.74. The Morgan fingerprint density at radius 1 is 1.06 bits per heavy atom. The summed E-state index contributed by atoms with van der Waals surface area (Å²) in [4.78, 5) is 0. The molecule has 1 saturated carbocycles. The minimum absolute atomic E-state index is 0.111. The first kappa shape index (κ1) is 13.4. The molecule has 1 aromatic rings. The molecule has 2 nitrogen and oxygen atoms in total. The fraction of sp³-hybridized carbons (Fsp3) is 0.625. The number of rotatable bonds is 4. The fourth-order valence-corrected chi connectivity index (χ4v) is 2.75. The van der Waals surface area contributed by atoms with Crippen molar-refractivity contribution in [3.63, 3.8) is 0 Å². The van der Waals surface area contributed by atoms with Crippen LogP contribution >= 0.6 is 0 Å². The third-order valence-electron chi connectivity index (χ3n) is 3.90. The van der Waals surface area contributed by atoms with Gasteiger partial charge in [-0.25, -0.2) is 0 Å². The van der Waals surface area contributed by atoms with Gasteiger partial charge < -0.3 is 10.5 Å². The van der Waals surface area contributed by atoms with Crippen molar-refractivity contribution >= 4 is 0 Å². The first-order valence-electron chi connectivity index (χ1n) is 7.27. The normalized spacial score (nSPS) is 19.2. The van der Waals surface area contributed by atoms with Crippen molar-refractivity contribution in [2.75, 3.05) is 6.61 Å². The molecule has 0 aliphatic heterocycles. The van der Waals surface area contributed by atoms with Gasteiger partial charge in [-0.1, -0.05) is 44.7 Å². The van der Waals surface area contributed by atoms with Crippen LogP contribution in [0.4, 0.5) is 0 Å². The average Bonchev–Trinajstić information content (AvgIpc) is 2.63. The number of ether oxygens (including phenoxy) is 1. The van der Waals surface area contributed by atoms with Gasteiger partial charge >= 0.3 is 0 Å². The minimum atomic E-state index is -0.111. The topological polar surface area (TPSA) is 35.2 Å². The molecule has 0 spiro atoms. The van der Waals surface area contributed by atoms with Crippen molar-refractivity contribution < 1.29 is 4.74 Å². The number of nitrogens with two attached hydrogens (primary N) is 1. The number of hydrogen-bond acceptors (Lipinski definition) is 2. The van der Waals surface area contributed by atoms with Crippen LogP contribution in [0, 0.1) is 0 Å². The molecule has 0 atom stereocenters. The zero-order valence-electron chi connectivity index (χ0n) is 11.5. The summed E-state index contributed by atoms with van der Waals surface area (Å²) < 4.78 is 5.61. The zero-order valence-corrected chi connectivity index (χ0v) is 11.5. The summed E-state index contributed by atoms with van der Waals surface area (Å²) in [6, 6.07) is 8.42. The van der Waals surface area contributed by atoms with Gasteiger partial charge in [-0.3, -0.25) is 0 Å². The van der Waals surface area contributed by atoms with Crippen molar-refractivity contribution in [2.45, 2.75) is 57.4 Å². The third kappa shape index (κ3) is 3.26. The molecular weight excluding hydrogens is 222 g/mol. The summed E-state index contributed by atoms with van der Waals surface area (Å²) in [6.07, 6.45) is 8.44. The van der Waals surface area contributed by atoms with E-state index in [1.165, 1.54) is 31.2 Å². The van der Waals surface area contributed by atoms with Crippen LogP contribution in [0.5, 0.6) is 5.75 Å². The van der Waals surface area contributed by atoms with Gasteiger partial charge in [-0.2, -0.15) is 0 Å². The van der Waals surface area contributed by atoms with Gasteiger partial charge in [0.25, 0.3) is 0 Å². The molecule has 0 bridgehead atoms. The molecule has 18 heavy (non-hydrogen) atoms. The molecule has 0 unspecified atom stereocenters. The van der Waals surface area contributed by atoms with Gasteiger partial charge in [0.05, 0.1) is 6.61 Å². The van der Waals surface area contributed by atoms with E-state index in [4.69, 9.17) is 10.5 Å². The Kier molecular flexibility index (Phi) is 4.65. The van der Waals surface area contributed by atoms with E-state index in [9.17, 15) is 0 Å². The predicted molar refractivity (Wildman–Crippen MR) is 75.8 cm³/mol. The predicted octanol–water partition coefficient (Wildman–Crippen LogP) is 3.98. The van der Waals surface area contributed by atoms with Crippen LogP contribution in [0.2, 0.25) is 0 Å². The van der Waals surface area contributed by atoms with E-state index in [2.05, 4.69) is 31.2 Å². The Morgan fingerprint density at radius 3 is 2.22 bits per heavy atom. The van der Waals surface area contributed by atoms with Gasteiger partial charge in [-0.15, -0.1) is 0 Å². The van der Waals surface area contributed by atoms with Crippen LogP contribution in [0.1, 0.15) is 57.4 Å². The third-order valence-corrected chi connectivity index (χ3v) is 3.90. The van der Waals surface area contributed by atoms with E-state index in [0.29, 0.717) is 0 Å². The van der Waals surface area contributed by atoms with E-state index >= 15 is 0 Å². The summed E-state index contributed by atoms with van der Waals surface area (Å²) in [6.45, 7) is 2.90. The summed E-state index contributed by atoms with van der Waals surface area (Å²) in [5, 5.41) is 0. The van der Waals surface area contributed by atoms with Crippen molar-refractivity contribution in [2.24, 2.45) is 5.73 Å². The highest BCUT2D eigenvalue weighted by atomic mass is 16.5. The standard InChI is InChI=1S/C16H25NO/c1-2-13-18-15-9-7-14(8-10-15)16(17)11-5-3-4-6-12-16/h7-10H,2-6,11-13,17H2,1H3. The maximum atomic E-state index is 6.59. The molecule has 1 aromatic carbocycles. The molecule has 1 aliphatic carbocycles. The highest BCUT2D eigenvalue weighted by Crippen LogP contribution is 2.34. The van der Waals surface area contributed by atoms with Gasteiger partial charge in [0.2, 0.25) is 0 Å². The minimum Gasteiger partial charge on any atom is -0.494 e. The SMILES string of the molecule is CCCOc1ccc(C2(N)CCCCCC2)cc1. The molecule has 2 rings (SSSR count). The lowest BCUT2D eigenvalue weighted by Gasteiger charge is -2.28. The Bertz CT molecular complexity index is 350. The van der Waals surface area contributed by atoms with Gasteiger partial charge in [0, 0.05) is 5.54 Å². The van der Waals surface area contributed by atoms with Crippen molar-refractivity contribution in [1.82, 2.24) is 0 Å². The van der Waals surface area contributed by atoms with E-state index in [1.54, 1.807) is 0 Å². The maximum Gasteiger partial charge on any atom is 0.119 e. The Labute approximate surface area is 111 Å². The van der Waals surface area contributed by atoms with Crippen molar-refractivity contribution in [3.8, 4) is 5.75 Å². The zero-order chi connectivity index (χ0) is 12.8. The summed E-state index contributed by atoms with van der Waals surface area (Å²) >= 11 is 0. The molecule has 1 aliphatic rings. The molecule has 0 radical (unpaired) electrons. The van der Waals surface area contributed by atoms with Crippen LogP contribution < -0.4 is 10.5 Å². The Balaban J connectivity index is 2.07. The largest absolute Gasteiger partial charge is 0.494 e. The molecular formula is C16H25NO. The summed E-state index contributed by atoms with van der Waals surface area (Å²) in [7, 11) is 0. The van der Waals surface area contributed by atoms with Crippen molar-refractivity contribution in [1.29, 1.82) is 0 Å². The molecule has 0 saturated heterocycles. The molecule has 0 aromatic heterocycles. The summed E-state index contributed by atoms with van der Waals surface area (Å²) in [5.41, 5.74) is 7.75. The Hall–Kier alpha value is -1.02. The molecule has 0 amide bonds. The highest BCUT2D eigenvalue weighted by Gasteiger charge is 2.27. The van der Waals surface area contributed by atoms with Crippen molar-refractivity contribution in [3.05, 3.63) is 29.8 Å². The van der Waals surface area contributed by atoms with Crippen LogP contribution in [0.15, 0.2) is 24.3 Å². The lowest BCUT2D eigenvalue weighted by atomic mass is 9.84. The van der Waals surface area contributed by atoms with Crippen LogP contribution in [0.25, 0.3) is 0 Å². The molecule has 1 fully saturated rings. The van der Waals surface area contributed by atoms with Gasteiger partial charge in [0.1, 0.15) is 5.75 Å². The van der Waals surface area contributed by atoms with E-state index < -0.39 is 0 Å². The smallest absolute Gasteiger partial charge is 0.119 e. The number of hydrogen-bond donors (Lipinski definition) is 1. The second kappa shape index (κ2) is 6.24. The fourth-order valence-electron chi connectivity index (χ4n) is 2.75. The first-order valence-corrected chi connectivity index (χ1v) is 7.27. The summed E-state index contributed by atoms with van der Waals surface area (Å²) in [5.74, 6) is 0.956. The lowest BCUT2D eigenvalue weighted by molar-refractivity contribution is 0.316. The quantitative estimate of drug-likeness (QED) is 0.817. The molecule has 0 heterocycles. The lowest BCUT2D eigenvalue weighted by Crippen LogP contribution is -2.35. The van der Waals surface area contributed by atoms with Crippen LogP contribution in [-0.2, 0) is 5.54 Å². The van der Waals surface area contributed by atoms with Gasteiger partial charge in [-0.05, 0) is 37.0 Å². The average molecular weight is 247 g/mol. The molecule has 2 heteroatoms. The number of benzene rings is 1. The van der Waals surface area contributed by atoms with E-state index in [1.807, 2.05) is 0 Å². The molecule has 100 valence electrons. The second-order valence-corrected chi connectivity index (χ2v) is 5.44. The van der Waals surface area contributed by atoms with Crippen LogP contribution in [-0.4, -0.2) is 6.61 Å².